The summed E-state index contributed by atoms with van der Waals surface area (Å²) in [4.78, 5) is 10.7. The Morgan fingerprint density at radius 2 is 2.27 bits per heavy atom. The third kappa shape index (κ3) is 7.68. The van der Waals surface area contributed by atoms with E-state index < -0.39 is 0 Å². The molecule has 0 saturated carbocycles. The van der Waals surface area contributed by atoms with Crippen molar-refractivity contribution < 1.29 is 13.7 Å². The van der Waals surface area contributed by atoms with E-state index in [4.69, 9.17) is 8.92 Å². The molecule has 0 heterocycles. The van der Waals surface area contributed by atoms with E-state index in [0.717, 1.165) is 6.42 Å². The number of hydrogen-bond acceptors (Lipinski definition) is 4. The lowest BCUT2D eigenvalue weighted by Crippen LogP contribution is -2.04. The quantitative estimate of drug-likeness (QED) is 0.352. The van der Waals surface area contributed by atoms with Gasteiger partial charge in [0.15, 0.2) is 0 Å². The van der Waals surface area contributed by atoms with Crippen molar-refractivity contribution in [3.05, 3.63) is 0 Å². The summed E-state index contributed by atoms with van der Waals surface area (Å²) in [7, 11) is 0. The number of carbonyl (C=O) groups is 1. The summed E-state index contributed by atoms with van der Waals surface area (Å²) >= 11 is 1.31. The maximum absolute atomic E-state index is 10.7. The Morgan fingerprint density at radius 3 is 2.82 bits per heavy atom. The van der Waals surface area contributed by atoms with Crippen molar-refractivity contribution in [2.24, 2.45) is 0 Å². The molecule has 0 radical (unpaired) electrons. The Bertz CT molecular complexity index is 106. The zero-order valence-corrected chi connectivity index (χ0v) is 7.78. The van der Waals surface area contributed by atoms with Crippen LogP contribution >= 0.6 is 12.0 Å². The average molecular weight is 178 g/mol. The molecule has 0 aromatic carbocycles. The summed E-state index contributed by atoms with van der Waals surface area (Å²) in [6.07, 6.45) is 3.04. The van der Waals surface area contributed by atoms with Gasteiger partial charge in [0.05, 0.1) is 13.2 Å². The summed E-state index contributed by atoms with van der Waals surface area (Å²) in [5.74, 6) is -0.141. The van der Waals surface area contributed by atoms with Crippen LogP contribution < -0.4 is 0 Å². The van der Waals surface area contributed by atoms with E-state index in [2.05, 4.69) is 0 Å². The Morgan fingerprint density at radius 1 is 1.55 bits per heavy atom. The minimum absolute atomic E-state index is 0.141. The molecular formula is C7H14O3S. The molecule has 0 atom stereocenters. The molecule has 0 fully saturated rings. The van der Waals surface area contributed by atoms with Crippen LogP contribution in [0.5, 0.6) is 0 Å². The SMILES string of the molecule is CCOC(=O)CCCOSC. The molecule has 0 spiro atoms. The van der Waals surface area contributed by atoms with Crippen LogP contribution in [0.1, 0.15) is 19.8 Å². The second-order valence-electron chi connectivity index (χ2n) is 1.90. The van der Waals surface area contributed by atoms with E-state index in [1.54, 1.807) is 6.92 Å². The van der Waals surface area contributed by atoms with Gasteiger partial charge in [0, 0.05) is 12.7 Å². The Kier molecular flexibility index (Phi) is 7.72. The third-order valence-corrected chi connectivity index (χ3v) is 1.43. The van der Waals surface area contributed by atoms with Gasteiger partial charge in [0.25, 0.3) is 0 Å². The summed E-state index contributed by atoms with van der Waals surface area (Å²) in [6.45, 7) is 2.87. The molecule has 0 aliphatic heterocycles. The van der Waals surface area contributed by atoms with Crippen molar-refractivity contribution in [1.82, 2.24) is 0 Å². The van der Waals surface area contributed by atoms with Crippen molar-refractivity contribution in [2.45, 2.75) is 19.8 Å². The van der Waals surface area contributed by atoms with Gasteiger partial charge in [-0.05, 0) is 25.4 Å². The maximum atomic E-state index is 10.7. The first kappa shape index (κ1) is 10.8. The average Bonchev–Trinajstić information content (AvgIpc) is 1.99. The van der Waals surface area contributed by atoms with E-state index >= 15 is 0 Å². The minimum Gasteiger partial charge on any atom is -0.466 e. The number of esters is 1. The molecule has 11 heavy (non-hydrogen) atoms. The number of carbonyl (C=O) groups excluding carboxylic acids is 1. The molecular weight excluding hydrogens is 164 g/mol. The molecule has 0 saturated heterocycles. The Balaban J connectivity index is 3.04. The molecule has 0 bridgehead atoms. The standard InChI is InChI=1S/C7H14O3S/c1-3-9-7(8)5-4-6-10-11-2/h3-6H2,1-2H3. The highest BCUT2D eigenvalue weighted by Gasteiger charge is 1.99. The van der Waals surface area contributed by atoms with Gasteiger partial charge >= 0.3 is 5.97 Å². The second kappa shape index (κ2) is 7.88. The fraction of sp³-hybridized carbons (Fsp3) is 0.857. The molecule has 0 unspecified atom stereocenters. The Hall–Kier alpha value is -0.220. The number of rotatable bonds is 6. The monoisotopic (exact) mass is 178 g/mol. The zero-order valence-electron chi connectivity index (χ0n) is 6.96. The fourth-order valence-electron chi connectivity index (χ4n) is 0.592. The van der Waals surface area contributed by atoms with E-state index in [0.29, 0.717) is 19.6 Å². The van der Waals surface area contributed by atoms with Crippen LogP contribution in [-0.4, -0.2) is 25.4 Å². The van der Waals surface area contributed by atoms with Crippen LogP contribution in [0.2, 0.25) is 0 Å². The van der Waals surface area contributed by atoms with Gasteiger partial charge in [-0.1, -0.05) is 0 Å². The molecule has 66 valence electrons. The van der Waals surface area contributed by atoms with Crippen LogP contribution in [0.25, 0.3) is 0 Å². The second-order valence-corrected chi connectivity index (χ2v) is 2.47. The predicted molar refractivity (Wildman–Crippen MR) is 45.3 cm³/mol. The number of ether oxygens (including phenoxy) is 1. The maximum Gasteiger partial charge on any atom is 0.305 e. The van der Waals surface area contributed by atoms with E-state index in [9.17, 15) is 4.79 Å². The topological polar surface area (TPSA) is 35.5 Å². The highest BCUT2D eigenvalue weighted by Crippen LogP contribution is 1.99. The summed E-state index contributed by atoms with van der Waals surface area (Å²) < 4.78 is 9.69. The molecule has 4 heteroatoms. The summed E-state index contributed by atoms with van der Waals surface area (Å²) in [6, 6.07) is 0. The molecule has 0 aliphatic carbocycles. The van der Waals surface area contributed by atoms with Gasteiger partial charge in [0.2, 0.25) is 0 Å². The van der Waals surface area contributed by atoms with E-state index in [-0.39, 0.29) is 5.97 Å². The number of hydrogen-bond donors (Lipinski definition) is 0. The molecule has 0 aromatic rings. The molecule has 0 N–H and O–H groups in total. The fourth-order valence-corrected chi connectivity index (χ4v) is 0.876. The van der Waals surface area contributed by atoms with Gasteiger partial charge in [-0.15, -0.1) is 0 Å². The molecule has 0 aliphatic rings. The van der Waals surface area contributed by atoms with Crippen molar-refractivity contribution in [3.63, 3.8) is 0 Å². The van der Waals surface area contributed by atoms with Crippen LogP contribution in [0, 0.1) is 0 Å². The highest BCUT2D eigenvalue weighted by molar-refractivity contribution is 7.93. The molecule has 3 nitrogen and oxygen atoms in total. The lowest BCUT2D eigenvalue weighted by molar-refractivity contribution is -0.143. The van der Waals surface area contributed by atoms with E-state index in [1.165, 1.54) is 12.0 Å². The van der Waals surface area contributed by atoms with Gasteiger partial charge < -0.3 is 8.92 Å². The summed E-state index contributed by atoms with van der Waals surface area (Å²) in [5.41, 5.74) is 0. The van der Waals surface area contributed by atoms with Gasteiger partial charge in [0.1, 0.15) is 0 Å². The first-order chi connectivity index (χ1) is 5.31. The van der Waals surface area contributed by atoms with Crippen molar-refractivity contribution >= 4 is 18.0 Å². The van der Waals surface area contributed by atoms with Crippen LogP contribution in [-0.2, 0) is 13.7 Å². The first-order valence-electron chi connectivity index (χ1n) is 3.62. The molecule has 0 amide bonds. The third-order valence-electron chi connectivity index (χ3n) is 1.03. The van der Waals surface area contributed by atoms with Gasteiger partial charge in [-0.2, -0.15) is 0 Å². The summed E-state index contributed by atoms with van der Waals surface area (Å²) in [5, 5.41) is 0. The normalized spacial score (nSPS) is 9.64. The van der Waals surface area contributed by atoms with Gasteiger partial charge in [-0.25, -0.2) is 0 Å². The lowest BCUT2D eigenvalue weighted by atomic mass is 10.3. The highest BCUT2D eigenvalue weighted by atomic mass is 32.2. The van der Waals surface area contributed by atoms with Gasteiger partial charge in [-0.3, -0.25) is 4.79 Å². The minimum atomic E-state index is -0.141. The Labute approximate surface area is 71.6 Å². The van der Waals surface area contributed by atoms with Crippen molar-refractivity contribution in [2.75, 3.05) is 19.5 Å². The van der Waals surface area contributed by atoms with Crippen molar-refractivity contribution in [1.29, 1.82) is 0 Å². The van der Waals surface area contributed by atoms with Crippen LogP contribution in [0.15, 0.2) is 0 Å². The zero-order chi connectivity index (χ0) is 8.53. The predicted octanol–water partition coefficient (Wildman–Crippen LogP) is 1.62. The van der Waals surface area contributed by atoms with Crippen LogP contribution in [0.3, 0.4) is 0 Å². The molecule has 0 rings (SSSR count). The smallest absolute Gasteiger partial charge is 0.305 e. The first-order valence-corrected chi connectivity index (χ1v) is 4.77. The largest absolute Gasteiger partial charge is 0.466 e. The van der Waals surface area contributed by atoms with Crippen molar-refractivity contribution in [3.8, 4) is 0 Å². The molecule has 0 aromatic heterocycles. The van der Waals surface area contributed by atoms with Crippen LogP contribution in [0.4, 0.5) is 0 Å². The van der Waals surface area contributed by atoms with E-state index in [1.807, 2.05) is 6.26 Å². The lowest BCUT2D eigenvalue weighted by Gasteiger charge is -2.00.